The number of hydrogen-bond donors (Lipinski definition) is 1. The molecule has 1 aliphatic heterocycles. The van der Waals surface area contributed by atoms with Crippen molar-refractivity contribution in [2.75, 3.05) is 36.9 Å². The molecule has 2 aliphatic carbocycles. The van der Waals surface area contributed by atoms with Crippen LogP contribution in [0, 0.1) is 29.1 Å². The van der Waals surface area contributed by atoms with Gasteiger partial charge in [-0.1, -0.05) is 19.1 Å². The Kier molecular flexibility index (Phi) is 12.4. The lowest BCUT2D eigenvalue weighted by molar-refractivity contribution is -0.184. The van der Waals surface area contributed by atoms with E-state index in [4.69, 9.17) is 4.74 Å². The Morgan fingerprint density at radius 3 is 2.12 bits per heavy atom. The summed E-state index contributed by atoms with van der Waals surface area (Å²) in [6, 6.07) is 13.9. The highest BCUT2D eigenvalue weighted by atomic mass is 32.2. The minimum absolute atomic E-state index is 0.00984. The van der Waals surface area contributed by atoms with Crippen LogP contribution >= 0.6 is 0 Å². The van der Waals surface area contributed by atoms with Crippen LogP contribution in [0.1, 0.15) is 80.3 Å². The lowest BCUT2D eigenvalue weighted by atomic mass is 9.81. The molecule has 0 bridgehead atoms. The Labute approximate surface area is 290 Å². The highest BCUT2D eigenvalue weighted by molar-refractivity contribution is 7.91. The van der Waals surface area contributed by atoms with E-state index in [-0.39, 0.29) is 54.5 Å². The molecule has 14 heteroatoms. The van der Waals surface area contributed by atoms with Crippen LogP contribution in [0.25, 0.3) is 0 Å². The van der Waals surface area contributed by atoms with Crippen molar-refractivity contribution in [3.63, 3.8) is 0 Å². The number of nitriles is 1. The second-order valence-electron chi connectivity index (χ2n) is 13.9. The van der Waals surface area contributed by atoms with Crippen molar-refractivity contribution < 1.29 is 39.9 Å². The van der Waals surface area contributed by atoms with Crippen molar-refractivity contribution >= 4 is 21.4 Å². The standard InChI is InChI=1S/C36H45F5N4O4S/c1-2-50(47,48)32-15-9-26(10-16-32)33(17-18-42)43-34(46)27-7-13-29(14-8-27)45-22-30(19-31(45)23-49-35(37)38)44(20-24-3-4-24)21-25-5-11-28(12-6-25)36(39,40)41/h7-10,13-16,24-25,28,30-31,33,35H,2-6,11-12,17,19-23H2,1H3,(H,43,46)/t25?,28?,30-,31-,33-/m0/s1. The third-order valence-corrected chi connectivity index (χ3v) is 12.1. The van der Waals surface area contributed by atoms with Crippen LogP contribution in [0.3, 0.4) is 0 Å². The maximum atomic E-state index is 13.3. The molecule has 0 aromatic heterocycles. The molecule has 1 N–H and O–H groups in total. The van der Waals surface area contributed by atoms with Gasteiger partial charge in [0.2, 0.25) is 0 Å². The Morgan fingerprint density at radius 1 is 1.00 bits per heavy atom. The summed E-state index contributed by atoms with van der Waals surface area (Å²) in [6.07, 6.45) is -0.105. The van der Waals surface area contributed by atoms with Crippen molar-refractivity contribution in [2.24, 2.45) is 17.8 Å². The van der Waals surface area contributed by atoms with E-state index in [9.17, 15) is 40.4 Å². The number of rotatable bonds is 15. The molecule has 1 amide bonds. The van der Waals surface area contributed by atoms with Crippen molar-refractivity contribution in [1.29, 1.82) is 5.26 Å². The molecular weight excluding hydrogens is 679 g/mol. The van der Waals surface area contributed by atoms with Gasteiger partial charge >= 0.3 is 12.8 Å². The summed E-state index contributed by atoms with van der Waals surface area (Å²) < 4.78 is 95.3. The number of alkyl halides is 5. The second kappa shape index (κ2) is 16.4. The highest BCUT2D eigenvalue weighted by Gasteiger charge is 2.43. The molecular formula is C36H45F5N4O4S. The lowest BCUT2D eigenvalue weighted by Gasteiger charge is -2.36. The van der Waals surface area contributed by atoms with E-state index in [1.165, 1.54) is 12.1 Å². The van der Waals surface area contributed by atoms with Crippen LogP contribution in [-0.4, -0.2) is 76.1 Å². The van der Waals surface area contributed by atoms with Crippen molar-refractivity contribution in [3.8, 4) is 6.07 Å². The van der Waals surface area contributed by atoms with E-state index in [1.807, 2.05) is 4.90 Å². The number of halogens is 5. The quantitative estimate of drug-likeness (QED) is 0.195. The van der Waals surface area contributed by atoms with Gasteiger partial charge in [0.15, 0.2) is 9.84 Å². The SMILES string of the molecule is CCS(=O)(=O)c1ccc([C@H](CC#N)NC(=O)c2ccc(N3C[C@@H](N(CC4CC4)CC4CCC(C(F)(F)F)CC4)C[C@H]3COC(F)F)cc2)cc1. The Balaban J connectivity index is 1.27. The predicted molar refractivity (Wildman–Crippen MR) is 178 cm³/mol. The molecule has 0 spiro atoms. The molecule has 1 heterocycles. The van der Waals surface area contributed by atoms with Gasteiger partial charge in [-0.25, -0.2) is 8.42 Å². The molecule has 3 aliphatic rings. The summed E-state index contributed by atoms with van der Waals surface area (Å²) in [6.45, 7) is 0.472. The summed E-state index contributed by atoms with van der Waals surface area (Å²) in [4.78, 5) is 17.8. The maximum absolute atomic E-state index is 13.3. The van der Waals surface area contributed by atoms with Gasteiger partial charge in [0.05, 0.1) is 47.7 Å². The molecule has 3 fully saturated rings. The van der Waals surface area contributed by atoms with Gasteiger partial charge in [0.25, 0.3) is 5.91 Å². The van der Waals surface area contributed by atoms with E-state index in [2.05, 4.69) is 16.3 Å². The number of nitrogens with zero attached hydrogens (tertiary/aromatic N) is 3. The first-order valence-corrected chi connectivity index (χ1v) is 19.0. The number of ether oxygens (including phenoxy) is 1. The number of carbonyl (C=O) groups excluding carboxylic acids is 1. The zero-order valence-electron chi connectivity index (χ0n) is 28.1. The third kappa shape index (κ3) is 9.94. The fourth-order valence-corrected chi connectivity index (χ4v) is 8.17. The van der Waals surface area contributed by atoms with Crippen LogP contribution in [0.5, 0.6) is 0 Å². The Morgan fingerprint density at radius 2 is 1.60 bits per heavy atom. The molecule has 0 radical (unpaired) electrons. The molecule has 3 atom stereocenters. The predicted octanol–water partition coefficient (Wildman–Crippen LogP) is 7.13. The van der Waals surface area contributed by atoms with E-state index in [0.717, 1.165) is 25.1 Å². The zero-order valence-corrected chi connectivity index (χ0v) is 28.9. The number of anilines is 1. The number of carbonyl (C=O) groups is 1. The molecule has 5 rings (SSSR count). The Hall–Kier alpha value is -3.28. The first-order chi connectivity index (χ1) is 23.8. The Bertz CT molecular complexity index is 1570. The minimum atomic E-state index is -4.16. The lowest BCUT2D eigenvalue weighted by Crippen LogP contribution is -2.43. The van der Waals surface area contributed by atoms with Gasteiger partial charge in [-0.3, -0.25) is 9.69 Å². The summed E-state index contributed by atoms with van der Waals surface area (Å²) in [5.74, 6) is -1.03. The first-order valence-electron chi connectivity index (χ1n) is 17.3. The smallest absolute Gasteiger partial charge is 0.365 e. The van der Waals surface area contributed by atoms with Crippen LogP contribution in [0.2, 0.25) is 0 Å². The summed E-state index contributed by atoms with van der Waals surface area (Å²) in [5.41, 5.74) is 1.63. The van der Waals surface area contributed by atoms with Crippen LogP contribution in [0.4, 0.5) is 27.6 Å². The topological polar surface area (TPSA) is 103 Å². The molecule has 8 nitrogen and oxygen atoms in total. The summed E-state index contributed by atoms with van der Waals surface area (Å²) in [5, 5.41) is 12.3. The molecule has 2 aromatic rings. The summed E-state index contributed by atoms with van der Waals surface area (Å²) >= 11 is 0. The normalized spacial score (nSPS) is 23.6. The molecule has 1 saturated heterocycles. The second-order valence-corrected chi connectivity index (χ2v) is 16.1. The van der Waals surface area contributed by atoms with Gasteiger partial charge in [-0.05, 0) is 98.7 Å². The molecule has 50 heavy (non-hydrogen) atoms. The van der Waals surface area contributed by atoms with Crippen molar-refractivity contribution in [1.82, 2.24) is 10.2 Å². The molecule has 274 valence electrons. The number of nitrogens with one attached hydrogen (secondary N) is 1. The van der Waals surface area contributed by atoms with E-state index < -0.39 is 40.5 Å². The van der Waals surface area contributed by atoms with Crippen LogP contribution in [0.15, 0.2) is 53.4 Å². The number of sulfone groups is 1. The first kappa shape index (κ1) is 38.0. The van der Waals surface area contributed by atoms with E-state index in [1.54, 1.807) is 43.3 Å². The molecule has 2 saturated carbocycles. The minimum Gasteiger partial charge on any atom is -0.365 e. The number of benzene rings is 2. The average molecular weight is 725 g/mol. The maximum Gasteiger partial charge on any atom is 0.391 e. The van der Waals surface area contributed by atoms with Crippen LogP contribution in [-0.2, 0) is 14.6 Å². The number of amides is 1. The van der Waals surface area contributed by atoms with Crippen molar-refractivity contribution in [2.45, 2.75) is 94.1 Å². The number of hydrogen-bond acceptors (Lipinski definition) is 7. The van der Waals surface area contributed by atoms with Crippen LogP contribution < -0.4 is 10.2 Å². The largest absolute Gasteiger partial charge is 0.391 e. The van der Waals surface area contributed by atoms with Gasteiger partial charge < -0.3 is 15.0 Å². The molecule has 2 aromatic carbocycles. The average Bonchev–Trinajstić information content (AvgIpc) is 3.81. The fourth-order valence-electron chi connectivity index (χ4n) is 7.29. The zero-order chi connectivity index (χ0) is 36.1. The van der Waals surface area contributed by atoms with Gasteiger partial charge in [-0.15, -0.1) is 0 Å². The van der Waals surface area contributed by atoms with Gasteiger partial charge in [-0.2, -0.15) is 27.2 Å². The van der Waals surface area contributed by atoms with E-state index >= 15 is 0 Å². The third-order valence-electron chi connectivity index (χ3n) is 10.4. The fraction of sp³-hybridized carbons (Fsp3) is 0.611. The van der Waals surface area contributed by atoms with Gasteiger partial charge in [0, 0.05) is 36.9 Å². The molecule has 0 unspecified atom stereocenters. The monoisotopic (exact) mass is 724 g/mol. The van der Waals surface area contributed by atoms with Gasteiger partial charge in [0.1, 0.15) is 0 Å². The summed E-state index contributed by atoms with van der Waals surface area (Å²) in [7, 11) is -3.40. The van der Waals surface area contributed by atoms with E-state index in [0.29, 0.717) is 49.4 Å². The highest BCUT2D eigenvalue weighted by Crippen LogP contribution is 2.41. The van der Waals surface area contributed by atoms with Crippen molar-refractivity contribution in [3.05, 3.63) is 59.7 Å².